The highest BCUT2D eigenvalue weighted by atomic mass is 16.2. The van der Waals surface area contributed by atoms with Crippen LogP contribution in [0.25, 0.3) is 0 Å². The van der Waals surface area contributed by atoms with Crippen LogP contribution in [-0.2, 0) is 4.79 Å². The zero-order chi connectivity index (χ0) is 14.0. The zero-order valence-corrected chi connectivity index (χ0v) is 13.0. The highest BCUT2D eigenvalue weighted by Gasteiger charge is 2.35. The lowest BCUT2D eigenvalue weighted by molar-refractivity contribution is -0.139. The molecule has 0 radical (unpaired) electrons. The lowest BCUT2D eigenvalue weighted by Gasteiger charge is -2.41. The van der Waals surface area contributed by atoms with Gasteiger partial charge in [0.2, 0.25) is 5.91 Å². The van der Waals surface area contributed by atoms with E-state index in [2.05, 4.69) is 31.0 Å². The third-order valence-electron chi connectivity index (χ3n) is 5.28. The number of hydrogen-bond acceptors (Lipinski definition) is 2. The SMILES string of the molecule is CC1NCCCC1C(=O)N(C)C1CCC(C)(C)CC1. The largest absolute Gasteiger partial charge is 0.342 e. The molecular formula is C16H30N2O. The molecule has 1 amide bonds. The van der Waals surface area contributed by atoms with Gasteiger partial charge in [0.25, 0.3) is 0 Å². The number of rotatable bonds is 2. The molecule has 1 heterocycles. The number of nitrogens with one attached hydrogen (secondary N) is 1. The zero-order valence-electron chi connectivity index (χ0n) is 13.0. The Morgan fingerprint density at radius 3 is 2.42 bits per heavy atom. The van der Waals surface area contributed by atoms with Crippen molar-refractivity contribution >= 4 is 5.91 Å². The van der Waals surface area contributed by atoms with Crippen molar-refractivity contribution in [2.24, 2.45) is 11.3 Å². The highest BCUT2D eigenvalue weighted by molar-refractivity contribution is 5.79. The Balaban J connectivity index is 1.92. The maximum absolute atomic E-state index is 12.7. The maximum atomic E-state index is 12.7. The predicted octanol–water partition coefficient (Wildman–Crippen LogP) is 2.80. The van der Waals surface area contributed by atoms with Crippen molar-refractivity contribution in [3.05, 3.63) is 0 Å². The van der Waals surface area contributed by atoms with Crippen LogP contribution in [0.3, 0.4) is 0 Å². The first-order valence-electron chi connectivity index (χ1n) is 7.91. The van der Waals surface area contributed by atoms with Crippen LogP contribution in [0.5, 0.6) is 0 Å². The molecule has 1 saturated carbocycles. The predicted molar refractivity (Wildman–Crippen MR) is 79.0 cm³/mol. The van der Waals surface area contributed by atoms with Gasteiger partial charge in [0, 0.05) is 19.1 Å². The molecule has 0 aromatic carbocycles. The molecule has 3 nitrogen and oxygen atoms in total. The van der Waals surface area contributed by atoms with Gasteiger partial charge >= 0.3 is 0 Å². The second kappa shape index (κ2) is 5.82. The highest BCUT2D eigenvalue weighted by Crippen LogP contribution is 2.37. The molecule has 1 aliphatic carbocycles. The van der Waals surface area contributed by atoms with E-state index >= 15 is 0 Å². The molecule has 110 valence electrons. The minimum absolute atomic E-state index is 0.189. The molecule has 2 atom stereocenters. The summed E-state index contributed by atoms with van der Waals surface area (Å²) in [7, 11) is 2.02. The third-order valence-corrected chi connectivity index (χ3v) is 5.28. The standard InChI is InChI=1S/C16H30N2O/c1-12-14(6-5-11-17-12)15(19)18(4)13-7-9-16(2,3)10-8-13/h12-14,17H,5-11H2,1-4H3. The summed E-state index contributed by atoms with van der Waals surface area (Å²) in [5, 5.41) is 3.44. The Kier molecular flexibility index (Phi) is 4.54. The van der Waals surface area contributed by atoms with Crippen molar-refractivity contribution in [1.82, 2.24) is 10.2 Å². The van der Waals surface area contributed by atoms with Crippen molar-refractivity contribution in [2.45, 2.75) is 71.4 Å². The van der Waals surface area contributed by atoms with Crippen LogP contribution in [0.2, 0.25) is 0 Å². The fraction of sp³-hybridized carbons (Fsp3) is 0.938. The molecular weight excluding hydrogens is 236 g/mol. The summed E-state index contributed by atoms with van der Waals surface area (Å²) < 4.78 is 0. The van der Waals surface area contributed by atoms with Gasteiger partial charge in [0.15, 0.2) is 0 Å². The van der Waals surface area contributed by atoms with Gasteiger partial charge in [-0.2, -0.15) is 0 Å². The molecule has 19 heavy (non-hydrogen) atoms. The van der Waals surface area contributed by atoms with Gasteiger partial charge in [-0.25, -0.2) is 0 Å². The molecule has 1 N–H and O–H groups in total. The fourth-order valence-electron chi connectivity index (χ4n) is 3.59. The third kappa shape index (κ3) is 3.50. The Bertz CT molecular complexity index is 317. The van der Waals surface area contributed by atoms with Gasteiger partial charge in [-0.05, 0) is 57.4 Å². The van der Waals surface area contributed by atoms with Crippen molar-refractivity contribution in [2.75, 3.05) is 13.6 Å². The molecule has 0 spiro atoms. The van der Waals surface area contributed by atoms with Crippen LogP contribution in [0, 0.1) is 11.3 Å². The van der Waals surface area contributed by atoms with Gasteiger partial charge in [-0.15, -0.1) is 0 Å². The van der Waals surface area contributed by atoms with Crippen LogP contribution in [0.4, 0.5) is 0 Å². The fourth-order valence-corrected chi connectivity index (χ4v) is 3.59. The average molecular weight is 266 g/mol. The second-order valence-corrected chi connectivity index (χ2v) is 7.34. The summed E-state index contributed by atoms with van der Waals surface area (Å²) in [5.41, 5.74) is 0.472. The smallest absolute Gasteiger partial charge is 0.227 e. The summed E-state index contributed by atoms with van der Waals surface area (Å²) in [6.45, 7) is 7.90. The molecule has 0 bridgehead atoms. The quantitative estimate of drug-likeness (QED) is 0.833. The molecule has 0 aromatic rings. The summed E-state index contributed by atoms with van der Waals surface area (Å²) in [6.07, 6.45) is 7.01. The first-order chi connectivity index (χ1) is 8.91. The van der Waals surface area contributed by atoms with Crippen LogP contribution >= 0.6 is 0 Å². The van der Waals surface area contributed by atoms with Gasteiger partial charge in [-0.3, -0.25) is 4.79 Å². The van der Waals surface area contributed by atoms with E-state index in [9.17, 15) is 4.79 Å². The molecule has 2 fully saturated rings. The van der Waals surface area contributed by atoms with Gasteiger partial charge in [-0.1, -0.05) is 13.8 Å². The van der Waals surface area contributed by atoms with Crippen molar-refractivity contribution < 1.29 is 4.79 Å². The summed E-state index contributed by atoms with van der Waals surface area (Å²) in [6, 6.07) is 0.804. The molecule has 2 aliphatic rings. The van der Waals surface area contributed by atoms with Crippen LogP contribution in [0.15, 0.2) is 0 Å². The van der Waals surface area contributed by atoms with E-state index in [-0.39, 0.29) is 5.92 Å². The number of amides is 1. The van der Waals surface area contributed by atoms with E-state index in [1.807, 2.05) is 7.05 Å². The van der Waals surface area contributed by atoms with E-state index < -0.39 is 0 Å². The normalized spacial score (nSPS) is 32.0. The molecule has 1 saturated heterocycles. The minimum Gasteiger partial charge on any atom is -0.342 e. The second-order valence-electron chi connectivity index (χ2n) is 7.34. The Morgan fingerprint density at radius 2 is 1.84 bits per heavy atom. The van der Waals surface area contributed by atoms with Gasteiger partial charge in [0.1, 0.15) is 0 Å². The van der Waals surface area contributed by atoms with Crippen molar-refractivity contribution in [3.63, 3.8) is 0 Å². The Morgan fingerprint density at radius 1 is 1.21 bits per heavy atom. The summed E-state index contributed by atoms with van der Waals surface area (Å²) >= 11 is 0. The molecule has 2 rings (SSSR count). The van der Waals surface area contributed by atoms with Crippen molar-refractivity contribution in [1.29, 1.82) is 0 Å². The Hall–Kier alpha value is -0.570. The van der Waals surface area contributed by atoms with Gasteiger partial charge < -0.3 is 10.2 Å². The summed E-state index contributed by atoms with van der Waals surface area (Å²) in [5.74, 6) is 0.554. The lowest BCUT2D eigenvalue weighted by Crippen LogP contribution is -2.50. The minimum atomic E-state index is 0.189. The number of hydrogen-bond donors (Lipinski definition) is 1. The average Bonchev–Trinajstić information content (AvgIpc) is 2.38. The number of carbonyl (C=O) groups excluding carboxylic acids is 1. The Labute approximate surface area is 118 Å². The van der Waals surface area contributed by atoms with E-state index in [0.717, 1.165) is 19.4 Å². The van der Waals surface area contributed by atoms with Crippen LogP contribution in [-0.4, -0.2) is 36.5 Å². The van der Waals surface area contributed by atoms with E-state index in [4.69, 9.17) is 0 Å². The number of piperidine rings is 1. The monoisotopic (exact) mass is 266 g/mol. The van der Waals surface area contributed by atoms with Crippen molar-refractivity contribution in [3.8, 4) is 0 Å². The first-order valence-corrected chi connectivity index (χ1v) is 7.91. The number of nitrogens with zero attached hydrogens (tertiary/aromatic N) is 1. The summed E-state index contributed by atoms with van der Waals surface area (Å²) in [4.78, 5) is 14.7. The number of carbonyl (C=O) groups is 1. The van der Waals surface area contributed by atoms with Gasteiger partial charge in [0.05, 0.1) is 5.92 Å². The lowest BCUT2D eigenvalue weighted by atomic mass is 9.75. The van der Waals surface area contributed by atoms with Crippen LogP contribution in [0.1, 0.15) is 59.3 Å². The topological polar surface area (TPSA) is 32.3 Å². The van der Waals surface area contributed by atoms with E-state index in [1.54, 1.807) is 0 Å². The maximum Gasteiger partial charge on any atom is 0.227 e. The van der Waals surface area contributed by atoms with E-state index in [1.165, 1.54) is 25.7 Å². The van der Waals surface area contributed by atoms with Crippen LogP contribution < -0.4 is 5.32 Å². The molecule has 0 aromatic heterocycles. The molecule has 1 aliphatic heterocycles. The van der Waals surface area contributed by atoms with E-state index in [0.29, 0.717) is 23.4 Å². The first kappa shape index (κ1) is 14.8. The molecule has 3 heteroatoms. The molecule has 2 unspecified atom stereocenters.